The van der Waals surface area contributed by atoms with Gasteiger partial charge in [-0.15, -0.1) is 0 Å². The predicted octanol–water partition coefficient (Wildman–Crippen LogP) is 2.23. The lowest BCUT2D eigenvalue weighted by molar-refractivity contribution is 0.0738. The number of hydrazine groups is 1. The molecule has 1 aromatic heterocycles. The van der Waals surface area contributed by atoms with Gasteiger partial charge < -0.3 is 10.3 Å². The van der Waals surface area contributed by atoms with Crippen molar-refractivity contribution in [1.29, 1.82) is 0 Å². The van der Waals surface area contributed by atoms with E-state index >= 15 is 0 Å². The maximum atomic E-state index is 12.4. The summed E-state index contributed by atoms with van der Waals surface area (Å²) in [6.45, 7) is 2.05. The zero-order chi connectivity index (χ0) is 14.4. The summed E-state index contributed by atoms with van der Waals surface area (Å²) in [6, 6.07) is 3.40. The molecular weight excluding hydrogens is 284 g/mol. The maximum Gasteiger partial charge on any atom is 0.274 e. The summed E-state index contributed by atoms with van der Waals surface area (Å²) in [7, 11) is 1.77. The number of nitrogens with one attached hydrogen (secondary N) is 1. The molecule has 19 heavy (non-hydrogen) atoms. The third-order valence-corrected chi connectivity index (χ3v) is 3.92. The highest BCUT2D eigenvalue weighted by atomic mass is 35.5. The monoisotopic (exact) mass is 302 g/mol. The lowest BCUT2D eigenvalue weighted by Gasteiger charge is -2.26. The smallest absolute Gasteiger partial charge is 0.274 e. The first-order chi connectivity index (χ1) is 9.04. The molecule has 1 unspecified atom stereocenters. The van der Waals surface area contributed by atoms with Crippen molar-refractivity contribution in [2.75, 3.05) is 24.5 Å². The molecule has 0 fully saturated rings. The van der Waals surface area contributed by atoms with Gasteiger partial charge >= 0.3 is 0 Å². The number of halogens is 1. The number of carbonyl (C=O) groups is 1. The molecule has 1 aromatic rings. The SMILES string of the molecule is CCC(CSC)N(C)C(=O)c1nc(NN)ccc1Cl. The molecule has 0 aliphatic carbocycles. The summed E-state index contributed by atoms with van der Waals surface area (Å²) < 4.78 is 0. The Morgan fingerprint density at radius 3 is 2.84 bits per heavy atom. The van der Waals surface area contributed by atoms with Crippen molar-refractivity contribution in [3.63, 3.8) is 0 Å². The standard InChI is InChI=1S/C12H19ClN4OS/c1-4-8(7-19-3)17(2)12(18)11-9(13)5-6-10(15-11)16-14/h5-6,8H,4,7,14H2,1-3H3,(H,15,16). The van der Waals surface area contributed by atoms with E-state index in [1.54, 1.807) is 35.8 Å². The van der Waals surface area contributed by atoms with Gasteiger partial charge in [0, 0.05) is 18.8 Å². The van der Waals surface area contributed by atoms with Crippen LogP contribution in [0, 0.1) is 0 Å². The van der Waals surface area contributed by atoms with Crippen LogP contribution in [-0.4, -0.2) is 40.9 Å². The van der Waals surface area contributed by atoms with Crippen LogP contribution >= 0.6 is 23.4 Å². The van der Waals surface area contributed by atoms with Crippen molar-refractivity contribution in [2.45, 2.75) is 19.4 Å². The van der Waals surface area contributed by atoms with Crippen LogP contribution in [0.1, 0.15) is 23.8 Å². The number of nitrogens with zero attached hydrogens (tertiary/aromatic N) is 2. The number of pyridine rings is 1. The minimum absolute atomic E-state index is 0.162. The van der Waals surface area contributed by atoms with Crippen LogP contribution < -0.4 is 11.3 Å². The van der Waals surface area contributed by atoms with Gasteiger partial charge in [0.15, 0.2) is 0 Å². The average molecular weight is 303 g/mol. The molecular formula is C12H19ClN4OS. The van der Waals surface area contributed by atoms with Crippen LogP contribution in [0.2, 0.25) is 5.02 Å². The van der Waals surface area contributed by atoms with Gasteiger partial charge in [0.25, 0.3) is 5.91 Å². The van der Waals surface area contributed by atoms with Crippen LogP contribution in [0.5, 0.6) is 0 Å². The number of amides is 1. The number of anilines is 1. The highest BCUT2D eigenvalue weighted by molar-refractivity contribution is 7.98. The summed E-state index contributed by atoms with van der Waals surface area (Å²) in [6.07, 6.45) is 2.90. The Morgan fingerprint density at radius 1 is 1.63 bits per heavy atom. The number of nitrogen functional groups attached to an aromatic ring is 1. The van der Waals surface area contributed by atoms with Gasteiger partial charge in [0.1, 0.15) is 11.5 Å². The van der Waals surface area contributed by atoms with Crippen LogP contribution in [0.4, 0.5) is 5.82 Å². The van der Waals surface area contributed by atoms with Gasteiger partial charge in [-0.2, -0.15) is 11.8 Å². The summed E-state index contributed by atoms with van der Waals surface area (Å²) in [5.41, 5.74) is 2.63. The summed E-state index contributed by atoms with van der Waals surface area (Å²) in [5.74, 6) is 6.40. The van der Waals surface area contributed by atoms with E-state index in [9.17, 15) is 4.79 Å². The molecule has 0 aromatic carbocycles. The second-order valence-corrected chi connectivity index (χ2v) is 5.42. The van der Waals surface area contributed by atoms with Crippen molar-refractivity contribution in [2.24, 2.45) is 5.84 Å². The normalized spacial score (nSPS) is 12.1. The lowest BCUT2D eigenvalue weighted by Crippen LogP contribution is -2.39. The largest absolute Gasteiger partial charge is 0.337 e. The first-order valence-corrected chi connectivity index (χ1v) is 7.71. The second kappa shape index (κ2) is 7.57. The van der Waals surface area contributed by atoms with E-state index in [2.05, 4.69) is 17.3 Å². The number of hydrogen-bond donors (Lipinski definition) is 2. The van der Waals surface area contributed by atoms with Gasteiger partial charge in [-0.05, 0) is 24.8 Å². The number of aromatic nitrogens is 1. The number of nitrogens with two attached hydrogens (primary N) is 1. The number of rotatable bonds is 6. The van der Waals surface area contributed by atoms with Crippen molar-refractivity contribution in [1.82, 2.24) is 9.88 Å². The quantitative estimate of drug-likeness (QED) is 0.623. The molecule has 0 aliphatic heterocycles. The summed E-state index contributed by atoms with van der Waals surface area (Å²) in [5, 5.41) is 0.329. The summed E-state index contributed by atoms with van der Waals surface area (Å²) >= 11 is 7.74. The van der Waals surface area contributed by atoms with Crippen molar-refractivity contribution < 1.29 is 4.79 Å². The predicted molar refractivity (Wildman–Crippen MR) is 81.6 cm³/mol. The first kappa shape index (κ1) is 16.1. The minimum Gasteiger partial charge on any atom is -0.337 e. The van der Waals surface area contributed by atoms with Crippen LogP contribution in [0.3, 0.4) is 0 Å². The van der Waals surface area contributed by atoms with Crippen LogP contribution in [0.25, 0.3) is 0 Å². The van der Waals surface area contributed by atoms with E-state index in [4.69, 9.17) is 17.4 Å². The zero-order valence-corrected chi connectivity index (χ0v) is 12.9. The van der Waals surface area contributed by atoms with Crippen molar-refractivity contribution in [3.05, 3.63) is 22.8 Å². The molecule has 0 saturated heterocycles. The molecule has 0 spiro atoms. The highest BCUT2D eigenvalue weighted by Gasteiger charge is 2.22. The Morgan fingerprint density at radius 2 is 2.32 bits per heavy atom. The Balaban J connectivity index is 2.98. The minimum atomic E-state index is -0.192. The molecule has 0 radical (unpaired) electrons. The fraction of sp³-hybridized carbons (Fsp3) is 0.500. The van der Waals surface area contributed by atoms with Crippen LogP contribution in [0.15, 0.2) is 12.1 Å². The van der Waals surface area contributed by atoms with Gasteiger partial charge in [-0.1, -0.05) is 18.5 Å². The second-order valence-electron chi connectivity index (χ2n) is 4.10. The van der Waals surface area contributed by atoms with Gasteiger partial charge in [-0.25, -0.2) is 10.8 Å². The zero-order valence-electron chi connectivity index (χ0n) is 11.3. The van der Waals surface area contributed by atoms with Gasteiger partial charge in [0.2, 0.25) is 0 Å². The van der Waals surface area contributed by atoms with E-state index in [0.29, 0.717) is 10.8 Å². The van der Waals surface area contributed by atoms with E-state index in [0.717, 1.165) is 12.2 Å². The Kier molecular flexibility index (Phi) is 6.41. The molecule has 0 bridgehead atoms. The molecule has 106 valence electrons. The number of carbonyl (C=O) groups excluding carboxylic acids is 1. The fourth-order valence-corrected chi connectivity index (χ4v) is 2.73. The molecule has 0 aliphatic rings. The molecule has 5 nitrogen and oxygen atoms in total. The average Bonchev–Trinajstić information content (AvgIpc) is 2.43. The Bertz CT molecular complexity index is 444. The molecule has 0 saturated carbocycles. The lowest BCUT2D eigenvalue weighted by atomic mass is 10.2. The third-order valence-electron chi connectivity index (χ3n) is 2.89. The highest BCUT2D eigenvalue weighted by Crippen LogP contribution is 2.19. The molecule has 7 heteroatoms. The molecule has 3 N–H and O–H groups in total. The molecule has 1 rings (SSSR count). The Labute approximate surface area is 122 Å². The molecule has 1 heterocycles. The number of hydrogen-bond acceptors (Lipinski definition) is 5. The maximum absolute atomic E-state index is 12.4. The van der Waals surface area contributed by atoms with E-state index in [-0.39, 0.29) is 17.6 Å². The topological polar surface area (TPSA) is 71.2 Å². The third kappa shape index (κ3) is 3.99. The first-order valence-electron chi connectivity index (χ1n) is 5.94. The number of thioether (sulfide) groups is 1. The van der Waals surface area contributed by atoms with Crippen molar-refractivity contribution >= 4 is 35.1 Å². The Hall–Kier alpha value is -0.980. The van der Waals surface area contributed by atoms with Crippen LogP contribution in [-0.2, 0) is 0 Å². The van der Waals surface area contributed by atoms with Crippen molar-refractivity contribution in [3.8, 4) is 0 Å². The van der Waals surface area contributed by atoms with E-state index in [1.165, 1.54) is 0 Å². The van der Waals surface area contributed by atoms with Gasteiger partial charge in [0.05, 0.1) is 5.02 Å². The van der Waals surface area contributed by atoms with E-state index < -0.39 is 0 Å². The summed E-state index contributed by atoms with van der Waals surface area (Å²) in [4.78, 5) is 18.2. The van der Waals surface area contributed by atoms with E-state index in [1.807, 2.05) is 6.26 Å². The molecule has 1 amide bonds. The molecule has 1 atom stereocenters. The van der Waals surface area contributed by atoms with Gasteiger partial charge in [-0.3, -0.25) is 4.79 Å². The fourth-order valence-electron chi connectivity index (χ4n) is 1.70.